The molecule has 0 saturated heterocycles. The van der Waals surface area contributed by atoms with Crippen molar-refractivity contribution in [3.05, 3.63) is 83.6 Å². The van der Waals surface area contributed by atoms with Crippen LogP contribution in [0.15, 0.2) is 66.7 Å². The van der Waals surface area contributed by atoms with Gasteiger partial charge >= 0.3 is 0 Å². The maximum atomic E-state index is 6.14. The van der Waals surface area contributed by atoms with E-state index >= 15 is 0 Å². The fourth-order valence-corrected chi connectivity index (χ4v) is 4.34. The van der Waals surface area contributed by atoms with Gasteiger partial charge < -0.3 is 14.5 Å². The number of methoxy groups -OCH3 is 1. The molecule has 5 rings (SSSR count). The van der Waals surface area contributed by atoms with Crippen molar-refractivity contribution in [1.82, 2.24) is 9.88 Å². The molecule has 1 aromatic heterocycles. The lowest BCUT2D eigenvalue weighted by atomic mass is 9.97. The summed E-state index contributed by atoms with van der Waals surface area (Å²) in [5, 5.41) is 1.25. The number of H-pyrrole nitrogens is 1. The third kappa shape index (κ3) is 3.55. The summed E-state index contributed by atoms with van der Waals surface area (Å²) >= 11 is 0. The second kappa shape index (κ2) is 7.88. The van der Waals surface area contributed by atoms with Gasteiger partial charge in [0.25, 0.3) is 0 Å². The molecule has 1 N–H and O–H groups in total. The molecule has 30 heavy (non-hydrogen) atoms. The number of para-hydroxylation sites is 1. The third-order valence-electron chi connectivity index (χ3n) is 5.84. The number of hydrogen-bond acceptors (Lipinski definition) is 3. The fraction of sp³-hybridized carbons (Fsp3) is 0.231. The topological polar surface area (TPSA) is 37.5 Å². The van der Waals surface area contributed by atoms with Gasteiger partial charge in [0, 0.05) is 36.4 Å². The standard InChI is InChI=1S/C26H26N2O2/c1-18-7-3-5-9-23(18)20-13-21-16-28(11-12-30-26(21)25(15-20)29-2)17-22-14-19-8-4-6-10-24(19)27-22/h3-10,13-15,27H,11-12,16-17H2,1-2H3. The maximum Gasteiger partial charge on any atom is 0.165 e. The van der Waals surface area contributed by atoms with Gasteiger partial charge in [-0.2, -0.15) is 0 Å². The largest absolute Gasteiger partial charge is 0.493 e. The average molecular weight is 399 g/mol. The number of nitrogens with zero attached hydrogens (tertiary/aromatic N) is 1. The van der Waals surface area contributed by atoms with Crippen molar-refractivity contribution in [3.8, 4) is 22.6 Å². The number of benzene rings is 3. The van der Waals surface area contributed by atoms with Gasteiger partial charge in [-0.05, 0) is 53.3 Å². The van der Waals surface area contributed by atoms with Gasteiger partial charge in [-0.1, -0.05) is 42.5 Å². The zero-order valence-electron chi connectivity index (χ0n) is 17.4. The van der Waals surface area contributed by atoms with E-state index < -0.39 is 0 Å². The Morgan fingerprint density at radius 3 is 2.70 bits per heavy atom. The molecule has 0 radical (unpaired) electrons. The third-order valence-corrected chi connectivity index (χ3v) is 5.84. The van der Waals surface area contributed by atoms with Crippen molar-refractivity contribution in [2.24, 2.45) is 0 Å². The van der Waals surface area contributed by atoms with E-state index in [0.717, 1.165) is 31.1 Å². The predicted molar refractivity (Wildman–Crippen MR) is 121 cm³/mol. The molecule has 0 bridgehead atoms. The molecule has 0 fully saturated rings. The highest BCUT2D eigenvalue weighted by atomic mass is 16.5. The SMILES string of the molecule is COc1cc(-c2ccccc2C)cc2c1OCCN(Cc1cc3ccccc3[nH]1)C2. The highest BCUT2D eigenvalue weighted by Gasteiger charge is 2.21. The minimum atomic E-state index is 0.646. The quantitative estimate of drug-likeness (QED) is 0.490. The van der Waals surface area contributed by atoms with Crippen molar-refractivity contribution in [2.45, 2.75) is 20.0 Å². The van der Waals surface area contributed by atoms with Crippen molar-refractivity contribution in [2.75, 3.05) is 20.3 Å². The molecule has 4 nitrogen and oxygen atoms in total. The van der Waals surface area contributed by atoms with E-state index in [-0.39, 0.29) is 0 Å². The molecule has 0 saturated carbocycles. The Morgan fingerprint density at radius 2 is 1.87 bits per heavy atom. The van der Waals surface area contributed by atoms with Crippen molar-refractivity contribution < 1.29 is 9.47 Å². The second-order valence-corrected chi connectivity index (χ2v) is 7.92. The molecule has 4 aromatic rings. The first-order chi connectivity index (χ1) is 14.7. The Hall–Kier alpha value is -3.24. The molecule has 1 aliphatic rings. The lowest BCUT2D eigenvalue weighted by Crippen LogP contribution is -2.25. The Kier molecular flexibility index (Phi) is 4.93. The smallest absolute Gasteiger partial charge is 0.165 e. The van der Waals surface area contributed by atoms with E-state index in [9.17, 15) is 0 Å². The van der Waals surface area contributed by atoms with Crippen LogP contribution in [0, 0.1) is 6.92 Å². The van der Waals surface area contributed by atoms with Gasteiger partial charge in [-0.3, -0.25) is 4.90 Å². The van der Waals surface area contributed by atoms with Crippen LogP contribution >= 0.6 is 0 Å². The Labute approximate surface area is 177 Å². The Morgan fingerprint density at radius 1 is 1.03 bits per heavy atom. The number of aromatic amines is 1. The minimum absolute atomic E-state index is 0.646. The zero-order chi connectivity index (χ0) is 20.5. The van der Waals surface area contributed by atoms with Gasteiger partial charge in [0.15, 0.2) is 11.5 Å². The normalized spacial score (nSPS) is 14.2. The van der Waals surface area contributed by atoms with Crippen LogP contribution in [0.3, 0.4) is 0 Å². The molecule has 1 aliphatic heterocycles. The lowest BCUT2D eigenvalue weighted by molar-refractivity contribution is 0.215. The minimum Gasteiger partial charge on any atom is -0.493 e. The van der Waals surface area contributed by atoms with Crippen LogP contribution in [0.1, 0.15) is 16.8 Å². The summed E-state index contributed by atoms with van der Waals surface area (Å²) in [7, 11) is 1.72. The first-order valence-corrected chi connectivity index (χ1v) is 10.4. The van der Waals surface area contributed by atoms with Crippen LogP contribution in [0.25, 0.3) is 22.0 Å². The van der Waals surface area contributed by atoms with Gasteiger partial charge in [-0.25, -0.2) is 0 Å². The predicted octanol–water partition coefficient (Wildman–Crippen LogP) is 5.55. The van der Waals surface area contributed by atoms with Crippen LogP contribution in [0.4, 0.5) is 0 Å². The molecule has 152 valence electrons. The number of hydrogen-bond donors (Lipinski definition) is 1. The molecule has 3 aromatic carbocycles. The van der Waals surface area contributed by atoms with Gasteiger partial charge in [-0.15, -0.1) is 0 Å². The summed E-state index contributed by atoms with van der Waals surface area (Å²) in [6.07, 6.45) is 0. The first kappa shape index (κ1) is 18.8. The van der Waals surface area contributed by atoms with Crippen LogP contribution in [-0.2, 0) is 13.1 Å². The van der Waals surface area contributed by atoms with E-state index in [0.29, 0.717) is 6.61 Å². The number of aryl methyl sites for hydroxylation is 1. The molecule has 4 heteroatoms. The highest BCUT2D eigenvalue weighted by Crippen LogP contribution is 2.39. The number of aromatic nitrogens is 1. The fourth-order valence-electron chi connectivity index (χ4n) is 4.34. The number of ether oxygens (including phenoxy) is 2. The summed E-state index contributed by atoms with van der Waals surface area (Å²) in [6, 6.07) is 23.5. The van der Waals surface area contributed by atoms with Crippen molar-refractivity contribution in [1.29, 1.82) is 0 Å². The highest BCUT2D eigenvalue weighted by molar-refractivity contribution is 5.80. The van der Waals surface area contributed by atoms with Crippen LogP contribution in [-0.4, -0.2) is 30.1 Å². The summed E-state index contributed by atoms with van der Waals surface area (Å²) in [4.78, 5) is 5.98. The molecule has 0 aliphatic carbocycles. The Bertz CT molecular complexity index is 1160. The van der Waals surface area contributed by atoms with E-state index in [4.69, 9.17) is 9.47 Å². The van der Waals surface area contributed by atoms with Crippen molar-refractivity contribution >= 4 is 10.9 Å². The second-order valence-electron chi connectivity index (χ2n) is 7.92. The van der Waals surface area contributed by atoms with Gasteiger partial charge in [0.2, 0.25) is 0 Å². The summed E-state index contributed by atoms with van der Waals surface area (Å²) in [6.45, 7) is 5.33. The lowest BCUT2D eigenvalue weighted by Gasteiger charge is -2.19. The van der Waals surface area contributed by atoms with Crippen LogP contribution in [0.2, 0.25) is 0 Å². The Balaban J connectivity index is 1.48. The molecule has 2 heterocycles. The number of nitrogens with one attached hydrogen (secondary N) is 1. The monoisotopic (exact) mass is 398 g/mol. The van der Waals surface area contributed by atoms with Crippen molar-refractivity contribution in [3.63, 3.8) is 0 Å². The average Bonchev–Trinajstić information content (AvgIpc) is 3.05. The van der Waals surface area contributed by atoms with Crippen LogP contribution in [0.5, 0.6) is 11.5 Å². The first-order valence-electron chi connectivity index (χ1n) is 10.4. The molecule has 0 spiro atoms. The van der Waals surface area contributed by atoms with Gasteiger partial charge in [0.05, 0.1) is 7.11 Å². The molecule has 0 unspecified atom stereocenters. The molecular weight excluding hydrogens is 372 g/mol. The van der Waals surface area contributed by atoms with E-state index in [2.05, 4.69) is 83.5 Å². The van der Waals surface area contributed by atoms with E-state index in [1.165, 1.54) is 38.9 Å². The van der Waals surface area contributed by atoms with E-state index in [1.807, 2.05) is 0 Å². The molecular formula is C26H26N2O2. The van der Waals surface area contributed by atoms with E-state index in [1.54, 1.807) is 7.11 Å². The maximum absolute atomic E-state index is 6.14. The summed E-state index contributed by atoms with van der Waals surface area (Å²) < 4.78 is 11.9. The molecule has 0 atom stereocenters. The zero-order valence-corrected chi connectivity index (χ0v) is 17.4. The number of rotatable bonds is 4. The number of fused-ring (bicyclic) bond motifs is 2. The van der Waals surface area contributed by atoms with Crippen LogP contribution < -0.4 is 9.47 Å². The summed E-state index contributed by atoms with van der Waals surface area (Å²) in [5.41, 5.74) is 7.22. The van der Waals surface area contributed by atoms with Gasteiger partial charge in [0.1, 0.15) is 6.61 Å². The molecule has 0 amide bonds. The summed E-state index contributed by atoms with van der Waals surface area (Å²) in [5.74, 6) is 1.67.